The van der Waals surface area contributed by atoms with Gasteiger partial charge in [-0.3, -0.25) is 4.79 Å². The number of nitrogens with zero attached hydrogens (tertiary/aromatic N) is 1. The normalized spacial score (nSPS) is 21.6. The standard InChI is InChI=1S/C24H30BrNO2/c1-4-21(18-10-12-20(25)13-11-18)26-15-14-24(16-22(26)27,17-23(2,3)28)19-8-6-5-7-9-19/h5-13,21,28H,4,14-17H2,1-3H3. The molecule has 1 N–H and O–H groups in total. The number of likely N-dealkylation sites (tertiary alicyclic amines) is 1. The van der Waals surface area contributed by atoms with Gasteiger partial charge in [-0.2, -0.15) is 0 Å². The lowest BCUT2D eigenvalue weighted by Gasteiger charge is -2.46. The van der Waals surface area contributed by atoms with Crippen LogP contribution >= 0.6 is 15.9 Å². The minimum absolute atomic E-state index is 0.0940. The Bertz CT molecular complexity index is 798. The maximum absolute atomic E-state index is 13.3. The van der Waals surface area contributed by atoms with Crippen molar-refractivity contribution >= 4 is 21.8 Å². The summed E-state index contributed by atoms with van der Waals surface area (Å²) in [7, 11) is 0. The first-order valence-electron chi connectivity index (χ1n) is 10.1. The third-order valence-corrected chi connectivity index (χ3v) is 6.34. The summed E-state index contributed by atoms with van der Waals surface area (Å²) in [6, 6.07) is 18.6. The van der Waals surface area contributed by atoms with E-state index in [1.54, 1.807) is 0 Å². The Kier molecular flexibility index (Phi) is 6.31. The highest BCUT2D eigenvalue weighted by Gasteiger charge is 2.44. The van der Waals surface area contributed by atoms with Crippen LogP contribution in [0.2, 0.25) is 0 Å². The molecule has 1 heterocycles. The van der Waals surface area contributed by atoms with Crippen LogP contribution in [-0.4, -0.2) is 28.1 Å². The van der Waals surface area contributed by atoms with Gasteiger partial charge in [0, 0.05) is 22.9 Å². The Morgan fingerprint density at radius 2 is 1.79 bits per heavy atom. The Morgan fingerprint density at radius 3 is 2.32 bits per heavy atom. The molecule has 2 aromatic rings. The molecule has 1 aliphatic heterocycles. The molecule has 1 aliphatic rings. The molecule has 3 nitrogen and oxygen atoms in total. The summed E-state index contributed by atoms with van der Waals surface area (Å²) in [4.78, 5) is 15.4. The Labute approximate surface area is 176 Å². The van der Waals surface area contributed by atoms with Crippen molar-refractivity contribution in [3.05, 3.63) is 70.2 Å². The first kappa shape index (κ1) is 21.1. The van der Waals surface area contributed by atoms with Gasteiger partial charge < -0.3 is 10.0 Å². The van der Waals surface area contributed by atoms with Gasteiger partial charge in [0.05, 0.1) is 11.6 Å². The van der Waals surface area contributed by atoms with Crippen LogP contribution < -0.4 is 0 Å². The summed E-state index contributed by atoms with van der Waals surface area (Å²) in [6.07, 6.45) is 2.77. The van der Waals surface area contributed by atoms with Gasteiger partial charge in [-0.25, -0.2) is 0 Å². The Hall–Kier alpha value is -1.65. The van der Waals surface area contributed by atoms with Crippen molar-refractivity contribution in [2.45, 2.75) is 63.5 Å². The summed E-state index contributed by atoms with van der Waals surface area (Å²) >= 11 is 3.49. The monoisotopic (exact) mass is 443 g/mol. The lowest BCUT2D eigenvalue weighted by atomic mass is 9.66. The molecule has 2 atom stereocenters. The van der Waals surface area contributed by atoms with Gasteiger partial charge in [-0.15, -0.1) is 0 Å². The fraction of sp³-hybridized carbons (Fsp3) is 0.458. The molecule has 28 heavy (non-hydrogen) atoms. The van der Waals surface area contributed by atoms with Crippen LogP contribution in [0.25, 0.3) is 0 Å². The zero-order valence-electron chi connectivity index (χ0n) is 17.0. The number of rotatable bonds is 6. The van der Waals surface area contributed by atoms with Crippen molar-refractivity contribution in [3.63, 3.8) is 0 Å². The lowest BCUT2D eigenvalue weighted by Crippen LogP contribution is -2.50. The average molecular weight is 444 g/mol. The van der Waals surface area contributed by atoms with Crippen molar-refractivity contribution in [3.8, 4) is 0 Å². The van der Waals surface area contributed by atoms with Crippen molar-refractivity contribution in [1.82, 2.24) is 4.90 Å². The number of hydrogen-bond donors (Lipinski definition) is 1. The minimum Gasteiger partial charge on any atom is -0.390 e. The predicted octanol–water partition coefficient (Wildman–Crippen LogP) is 5.62. The average Bonchev–Trinajstić information content (AvgIpc) is 2.65. The van der Waals surface area contributed by atoms with E-state index in [4.69, 9.17) is 0 Å². The van der Waals surface area contributed by atoms with E-state index in [1.807, 2.05) is 49.1 Å². The van der Waals surface area contributed by atoms with Crippen LogP contribution in [-0.2, 0) is 10.2 Å². The van der Waals surface area contributed by atoms with E-state index in [2.05, 4.69) is 47.1 Å². The van der Waals surface area contributed by atoms with E-state index in [-0.39, 0.29) is 17.4 Å². The lowest BCUT2D eigenvalue weighted by molar-refractivity contribution is -0.140. The number of carbonyl (C=O) groups excluding carboxylic acids is 1. The maximum Gasteiger partial charge on any atom is 0.223 e. The number of aliphatic hydroxyl groups is 1. The summed E-state index contributed by atoms with van der Waals surface area (Å²) in [6.45, 7) is 6.52. The Balaban J connectivity index is 1.88. The zero-order chi connectivity index (χ0) is 20.4. The molecule has 150 valence electrons. The van der Waals surface area contributed by atoms with Crippen molar-refractivity contribution in [2.75, 3.05) is 6.54 Å². The fourth-order valence-electron chi connectivity index (χ4n) is 4.71. The largest absolute Gasteiger partial charge is 0.390 e. The van der Waals surface area contributed by atoms with Gasteiger partial charge >= 0.3 is 0 Å². The number of hydrogen-bond acceptors (Lipinski definition) is 2. The second-order valence-electron chi connectivity index (χ2n) is 8.63. The molecule has 0 spiro atoms. The fourth-order valence-corrected chi connectivity index (χ4v) is 4.97. The number of amides is 1. The molecule has 0 saturated carbocycles. The number of piperidine rings is 1. The van der Waals surface area contributed by atoms with Crippen LogP contribution in [0.3, 0.4) is 0 Å². The van der Waals surface area contributed by atoms with Gasteiger partial charge in [0.1, 0.15) is 0 Å². The molecule has 0 aromatic heterocycles. The van der Waals surface area contributed by atoms with Crippen LogP contribution in [0.1, 0.15) is 63.6 Å². The van der Waals surface area contributed by atoms with Crippen molar-refractivity contribution in [1.29, 1.82) is 0 Å². The van der Waals surface area contributed by atoms with Crippen LogP contribution in [0.5, 0.6) is 0 Å². The maximum atomic E-state index is 13.3. The first-order valence-corrected chi connectivity index (χ1v) is 10.9. The predicted molar refractivity (Wildman–Crippen MR) is 117 cm³/mol. The van der Waals surface area contributed by atoms with E-state index < -0.39 is 5.60 Å². The van der Waals surface area contributed by atoms with Crippen molar-refractivity contribution < 1.29 is 9.90 Å². The second-order valence-corrected chi connectivity index (χ2v) is 9.54. The van der Waals surface area contributed by atoms with Gasteiger partial charge in [0.2, 0.25) is 5.91 Å². The molecule has 2 unspecified atom stereocenters. The molecule has 3 rings (SSSR count). The summed E-state index contributed by atoms with van der Waals surface area (Å²) in [5.74, 6) is 0.175. The summed E-state index contributed by atoms with van der Waals surface area (Å²) in [5.41, 5.74) is 1.19. The molecule has 2 aromatic carbocycles. The molecule has 0 bridgehead atoms. The molecule has 0 radical (unpaired) electrons. The molecular weight excluding hydrogens is 414 g/mol. The van der Waals surface area contributed by atoms with Crippen molar-refractivity contribution in [2.24, 2.45) is 0 Å². The highest BCUT2D eigenvalue weighted by Crippen LogP contribution is 2.44. The van der Waals surface area contributed by atoms with E-state index >= 15 is 0 Å². The molecular formula is C24H30BrNO2. The van der Waals surface area contributed by atoms with Crippen LogP contribution in [0.15, 0.2) is 59.1 Å². The zero-order valence-corrected chi connectivity index (χ0v) is 18.6. The third-order valence-electron chi connectivity index (χ3n) is 5.82. The number of halogens is 1. The van der Waals surface area contributed by atoms with Gasteiger partial charge in [0.15, 0.2) is 0 Å². The number of benzene rings is 2. The van der Waals surface area contributed by atoms with Gasteiger partial charge in [-0.1, -0.05) is 65.3 Å². The van der Waals surface area contributed by atoms with Crippen LogP contribution in [0.4, 0.5) is 0 Å². The highest BCUT2D eigenvalue weighted by molar-refractivity contribution is 9.10. The van der Waals surface area contributed by atoms with Gasteiger partial charge in [0.25, 0.3) is 0 Å². The third kappa shape index (κ3) is 4.66. The molecule has 4 heteroatoms. The quantitative estimate of drug-likeness (QED) is 0.628. The minimum atomic E-state index is -0.825. The van der Waals surface area contributed by atoms with E-state index in [0.717, 1.165) is 22.9 Å². The number of carbonyl (C=O) groups is 1. The summed E-state index contributed by atoms with van der Waals surface area (Å²) in [5, 5.41) is 10.6. The molecule has 1 fully saturated rings. The molecule has 0 aliphatic carbocycles. The smallest absolute Gasteiger partial charge is 0.223 e. The highest BCUT2D eigenvalue weighted by atomic mass is 79.9. The molecule has 1 amide bonds. The molecule has 1 saturated heterocycles. The first-order chi connectivity index (χ1) is 13.2. The SMILES string of the molecule is CCC(c1ccc(Br)cc1)N1CCC(CC(C)(C)O)(c2ccccc2)CC1=O. The van der Waals surface area contributed by atoms with Gasteiger partial charge in [-0.05, 0) is 56.4 Å². The van der Waals surface area contributed by atoms with E-state index in [0.29, 0.717) is 19.4 Å². The Morgan fingerprint density at radius 1 is 1.14 bits per heavy atom. The topological polar surface area (TPSA) is 40.5 Å². The second kappa shape index (κ2) is 8.38. The van der Waals surface area contributed by atoms with Crippen LogP contribution in [0, 0.1) is 0 Å². The summed E-state index contributed by atoms with van der Waals surface area (Å²) < 4.78 is 1.05. The van der Waals surface area contributed by atoms with E-state index in [9.17, 15) is 9.90 Å². The van der Waals surface area contributed by atoms with E-state index in [1.165, 1.54) is 5.56 Å².